The molecule has 0 saturated heterocycles. The number of pyridine rings is 1. The summed E-state index contributed by atoms with van der Waals surface area (Å²) in [6.45, 7) is 2.55. The van der Waals surface area contributed by atoms with Gasteiger partial charge in [-0.1, -0.05) is 6.07 Å². The number of terminal acetylenes is 1. The van der Waals surface area contributed by atoms with Gasteiger partial charge in [-0.25, -0.2) is 9.59 Å². The number of aliphatic carboxylic acids is 1. The molecule has 0 saturated carbocycles. The van der Waals surface area contributed by atoms with E-state index in [0.717, 1.165) is 5.69 Å². The second-order valence-corrected chi connectivity index (χ2v) is 4.08. The van der Waals surface area contributed by atoms with Gasteiger partial charge in [-0.2, -0.15) is 0 Å². The van der Waals surface area contributed by atoms with Gasteiger partial charge in [0.15, 0.2) is 0 Å². The minimum atomic E-state index is -1.15. The number of carbonyl (C=O) groups excluding carboxylic acids is 1. The molecule has 6 nitrogen and oxygen atoms in total. The number of aromatic nitrogens is 1. The van der Waals surface area contributed by atoms with Crippen molar-refractivity contribution in [1.29, 1.82) is 0 Å². The van der Waals surface area contributed by atoms with E-state index >= 15 is 0 Å². The van der Waals surface area contributed by atoms with Crippen molar-refractivity contribution in [3.8, 4) is 12.3 Å². The minimum Gasteiger partial charge on any atom is -0.480 e. The van der Waals surface area contributed by atoms with Crippen LogP contribution in [0.5, 0.6) is 0 Å². The zero-order valence-corrected chi connectivity index (χ0v) is 11.2. The molecule has 2 amide bonds. The molecular formula is C14H17N3O3. The van der Waals surface area contributed by atoms with E-state index in [-0.39, 0.29) is 6.42 Å². The third kappa shape index (κ3) is 4.61. The van der Waals surface area contributed by atoms with Crippen LogP contribution in [-0.4, -0.2) is 39.6 Å². The molecule has 6 heteroatoms. The van der Waals surface area contributed by atoms with Crippen LogP contribution in [0.3, 0.4) is 0 Å². The van der Waals surface area contributed by atoms with Gasteiger partial charge in [0.1, 0.15) is 6.04 Å². The maximum Gasteiger partial charge on any atom is 0.327 e. The molecule has 0 aliphatic carbocycles. The Morgan fingerprint density at radius 3 is 2.80 bits per heavy atom. The highest BCUT2D eigenvalue weighted by Crippen LogP contribution is 2.02. The number of hydrogen-bond donors (Lipinski definition) is 2. The minimum absolute atomic E-state index is 0.0534. The first-order valence-electron chi connectivity index (χ1n) is 6.20. The molecule has 1 rings (SSSR count). The van der Waals surface area contributed by atoms with Crippen LogP contribution in [0.1, 0.15) is 19.0 Å². The largest absolute Gasteiger partial charge is 0.480 e. The van der Waals surface area contributed by atoms with E-state index in [1.165, 1.54) is 4.90 Å². The Morgan fingerprint density at radius 2 is 2.30 bits per heavy atom. The van der Waals surface area contributed by atoms with Gasteiger partial charge in [-0.05, 0) is 19.1 Å². The number of carbonyl (C=O) groups is 2. The lowest BCUT2D eigenvalue weighted by Gasteiger charge is -2.23. The fraction of sp³-hybridized carbons (Fsp3) is 0.357. The summed E-state index contributed by atoms with van der Waals surface area (Å²) in [6.07, 6.45) is 6.67. The summed E-state index contributed by atoms with van der Waals surface area (Å²) in [7, 11) is 0. The van der Waals surface area contributed by atoms with E-state index < -0.39 is 18.0 Å². The number of carboxylic acids is 1. The van der Waals surface area contributed by atoms with E-state index in [9.17, 15) is 9.59 Å². The number of carboxylic acid groups (broad SMARTS) is 1. The molecule has 2 N–H and O–H groups in total. The molecule has 0 aromatic carbocycles. The smallest absolute Gasteiger partial charge is 0.327 e. The normalized spacial score (nSPS) is 11.2. The van der Waals surface area contributed by atoms with Crippen molar-refractivity contribution in [2.75, 3.05) is 6.54 Å². The van der Waals surface area contributed by atoms with Crippen LogP contribution in [0, 0.1) is 12.3 Å². The van der Waals surface area contributed by atoms with E-state index in [4.69, 9.17) is 11.5 Å². The fourth-order valence-electron chi connectivity index (χ4n) is 1.57. The molecule has 0 aliphatic rings. The van der Waals surface area contributed by atoms with Crippen molar-refractivity contribution in [1.82, 2.24) is 15.2 Å². The first-order chi connectivity index (χ1) is 9.58. The Hall–Kier alpha value is -2.55. The highest BCUT2D eigenvalue weighted by Gasteiger charge is 2.21. The number of amides is 2. The maximum atomic E-state index is 12.0. The number of nitrogens with zero attached hydrogens (tertiary/aromatic N) is 2. The highest BCUT2D eigenvalue weighted by molar-refractivity contribution is 5.82. The van der Waals surface area contributed by atoms with Crippen LogP contribution in [0.15, 0.2) is 24.4 Å². The Bertz CT molecular complexity index is 496. The summed E-state index contributed by atoms with van der Waals surface area (Å²) in [4.78, 5) is 28.6. The average Bonchev–Trinajstić information content (AvgIpc) is 2.45. The lowest BCUT2D eigenvalue weighted by molar-refractivity contribution is -0.139. The molecule has 0 bridgehead atoms. The summed E-state index contributed by atoms with van der Waals surface area (Å²) in [5, 5.41) is 11.4. The Morgan fingerprint density at radius 1 is 1.55 bits per heavy atom. The lowest BCUT2D eigenvalue weighted by Crippen LogP contribution is -2.47. The van der Waals surface area contributed by atoms with E-state index in [2.05, 4.69) is 16.2 Å². The van der Waals surface area contributed by atoms with Gasteiger partial charge in [0.25, 0.3) is 0 Å². The fourth-order valence-corrected chi connectivity index (χ4v) is 1.57. The van der Waals surface area contributed by atoms with E-state index in [0.29, 0.717) is 13.1 Å². The van der Waals surface area contributed by atoms with Crippen LogP contribution in [0.25, 0.3) is 0 Å². The maximum absolute atomic E-state index is 12.0. The molecule has 106 valence electrons. The van der Waals surface area contributed by atoms with Crippen molar-refractivity contribution < 1.29 is 14.7 Å². The number of urea groups is 1. The Kier molecular flexibility index (Phi) is 6.04. The van der Waals surface area contributed by atoms with Gasteiger partial charge in [-0.3, -0.25) is 4.98 Å². The molecule has 1 aromatic rings. The van der Waals surface area contributed by atoms with Gasteiger partial charge >= 0.3 is 12.0 Å². The summed E-state index contributed by atoms with van der Waals surface area (Å²) in [5.74, 6) is 1.09. The zero-order valence-electron chi connectivity index (χ0n) is 11.2. The first kappa shape index (κ1) is 15.5. The second kappa shape index (κ2) is 7.79. The van der Waals surface area contributed by atoms with Crippen LogP contribution >= 0.6 is 0 Å². The lowest BCUT2D eigenvalue weighted by atomic mass is 10.2. The third-order valence-electron chi connectivity index (χ3n) is 2.67. The zero-order chi connectivity index (χ0) is 15.0. The van der Waals surface area contributed by atoms with E-state index in [1.54, 1.807) is 25.3 Å². The van der Waals surface area contributed by atoms with Crippen molar-refractivity contribution in [2.45, 2.75) is 25.9 Å². The summed E-state index contributed by atoms with van der Waals surface area (Å²) < 4.78 is 0. The molecule has 0 radical (unpaired) electrons. The van der Waals surface area contributed by atoms with E-state index in [1.807, 2.05) is 6.07 Å². The summed E-state index contributed by atoms with van der Waals surface area (Å²) >= 11 is 0. The topological polar surface area (TPSA) is 82.5 Å². The van der Waals surface area contributed by atoms with Crippen molar-refractivity contribution >= 4 is 12.0 Å². The molecule has 1 atom stereocenters. The first-order valence-corrected chi connectivity index (χ1v) is 6.20. The molecular weight excluding hydrogens is 258 g/mol. The molecule has 0 fully saturated rings. The summed E-state index contributed by atoms with van der Waals surface area (Å²) in [6, 6.07) is 3.86. The predicted molar refractivity (Wildman–Crippen MR) is 73.7 cm³/mol. The van der Waals surface area contributed by atoms with Crippen LogP contribution in [0.2, 0.25) is 0 Å². The standard InChI is InChI=1S/C14H17N3O3/c1-3-7-12(13(18)19)16-14(20)17(4-2)10-11-8-5-6-9-15-11/h1,5-6,8-9,12H,4,7,10H2,2H3,(H,16,20)(H,18,19). The Labute approximate surface area is 117 Å². The van der Waals surface area contributed by atoms with Crippen molar-refractivity contribution in [3.63, 3.8) is 0 Å². The monoisotopic (exact) mass is 275 g/mol. The van der Waals surface area contributed by atoms with Crippen molar-refractivity contribution in [3.05, 3.63) is 30.1 Å². The number of nitrogens with one attached hydrogen (secondary N) is 1. The van der Waals surface area contributed by atoms with Crippen LogP contribution in [-0.2, 0) is 11.3 Å². The van der Waals surface area contributed by atoms with Gasteiger partial charge in [0, 0.05) is 19.2 Å². The SMILES string of the molecule is C#CCC(NC(=O)N(CC)Cc1ccccn1)C(=O)O. The van der Waals surface area contributed by atoms with Gasteiger partial charge in [-0.15, -0.1) is 12.3 Å². The molecule has 20 heavy (non-hydrogen) atoms. The molecule has 0 spiro atoms. The molecule has 1 aromatic heterocycles. The number of hydrogen-bond acceptors (Lipinski definition) is 3. The Balaban J connectivity index is 2.67. The van der Waals surface area contributed by atoms with Gasteiger partial charge in [0.05, 0.1) is 12.2 Å². The second-order valence-electron chi connectivity index (χ2n) is 4.08. The van der Waals surface area contributed by atoms with Gasteiger partial charge in [0.2, 0.25) is 0 Å². The summed E-state index contributed by atoms with van der Waals surface area (Å²) in [5.41, 5.74) is 0.730. The molecule has 1 heterocycles. The predicted octanol–water partition coefficient (Wildman–Crippen LogP) is 1.09. The van der Waals surface area contributed by atoms with Gasteiger partial charge < -0.3 is 15.3 Å². The quantitative estimate of drug-likeness (QED) is 0.761. The number of rotatable bonds is 6. The van der Waals surface area contributed by atoms with Crippen molar-refractivity contribution in [2.24, 2.45) is 0 Å². The average molecular weight is 275 g/mol. The molecule has 0 aliphatic heterocycles. The van der Waals surface area contributed by atoms with Crippen LogP contribution in [0.4, 0.5) is 4.79 Å². The van der Waals surface area contributed by atoms with Crippen LogP contribution < -0.4 is 5.32 Å². The highest BCUT2D eigenvalue weighted by atomic mass is 16.4. The third-order valence-corrected chi connectivity index (χ3v) is 2.67. The molecule has 1 unspecified atom stereocenters.